The fourth-order valence-corrected chi connectivity index (χ4v) is 1.02. The number of nitrogens with zero attached hydrogens (tertiary/aromatic N) is 1. The van der Waals surface area contributed by atoms with E-state index in [0.29, 0.717) is 11.3 Å². The van der Waals surface area contributed by atoms with Crippen LogP contribution in [-0.4, -0.2) is 16.3 Å². The Labute approximate surface area is 96.3 Å². The average molecular weight is 219 g/mol. The predicted molar refractivity (Wildman–Crippen MR) is 62.2 cm³/mol. The summed E-state index contributed by atoms with van der Waals surface area (Å²) in [6.45, 7) is 7.06. The Morgan fingerprint density at radius 3 is 2.00 bits per heavy atom. The van der Waals surface area contributed by atoms with Crippen LogP contribution in [-0.2, 0) is 0 Å². The van der Waals surface area contributed by atoms with Crippen LogP contribution in [0.4, 0.5) is 0 Å². The van der Waals surface area contributed by atoms with Crippen LogP contribution in [0, 0.1) is 11.3 Å². The second-order valence-corrected chi connectivity index (χ2v) is 4.81. The highest BCUT2D eigenvalue weighted by molar-refractivity contribution is 5.34. The quantitative estimate of drug-likeness (QED) is 0.849. The molecule has 0 amide bonds. The zero-order valence-electron chi connectivity index (χ0n) is 10.1. The summed E-state index contributed by atoms with van der Waals surface area (Å²) >= 11 is 0. The van der Waals surface area contributed by atoms with Crippen molar-refractivity contribution in [2.75, 3.05) is 0 Å². The topological polar surface area (TPSA) is 53.2 Å². The Morgan fingerprint density at radius 2 is 1.62 bits per heavy atom. The molecule has 16 heavy (non-hydrogen) atoms. The minimum absolute atomic E-state index is 0.591. The molecule has 0 aliphatic heterocycles. The van der Waals surface area contributed by atoms with Gasteiger partial charge in [-0.15, -0.1) is 0 Å². The third kappa shape index (κ3) is 2.74. The molecule has 3 heteroatoms. The molecule has 0 atom stereocenters. The molecular weight excluding hydrogens is 202 g/mol. The molecule has 0 aliphatic rings. The summed E-state index contributed by atoms with van der Waals surface area (Å²) < 4.78 is 5.71. The summed E-state index contributed by atoms with van der Waals surface area (Å²) in [5, 5.41) is 18.6. The van der Waals surface area contributed by atoms with Gasteiger partial charge in [0.15, 0.2) is 0 Å². The Morgan fingerprint density at radius 1 is 1.12 bits per heavy atom. The van der Waals surface area contributed by atoms with Crippen molar-refractivity contribution in [1.82, 2.24) is 0 Å². The molecule has 0 aromatic heterocycles. The zero-order chi connectivity index (χ0) is 12.4. The third-order valence-electron chi connectivity index (χ3n) is 2.83. The van der Waals surface area contributed by atoms with E-state index in [0.717, 1.165) is 0 Å². The Kier molecular flexibility index (Phi) is 3.25. The number of nitriles is 1. The number of benzene rings is 1. The first-order valence-corrected chi connectivity index (χ1v) is 5.18. The van der Waals surface area contributed by atoms with E-state index >= 15 is 0 Å². The van der Waals surface area contributed by atoms with Crippen LogP contribution in [0.3, 0.4) is 0 Å². The maximum atomic E-state index is 9.93. The number of hydrogen-bond acceptors (Lipinski definition) is 3. The smallest absolute Gasteiger partial charge is 0.131 e. The Bertz CT molecular complexity index is 393. The Hall–Kier alpha value is -1.53. The van der Waals surface area contributed by atoms with Gasteiger partial charge < -0.3 is 9.84 Å². The second kappa shape index (κ2) is 4.15. The molecule has 0 bridgehead atoms. The molecule has 1 aromatic carbocycles. The molecule has 1 aromatic rings. The molecule has 0 heterocycles. The van der Waals surface area contributed by atoms with Gasteiger partial charge in [0, 0.05) is 0 Å². The minimum atomic E-state index is -0.944. The molecule has 0 radical (unpaired) electrons. The summed E-state index contributed by atoms with van der Waals surface area (Å²) in [5.74, 6) is 0.645. The van der Waals surface area contributed by atoms with Gasteiger partial charge in [-0.3, -0.25) is 0 Å². The zero-order valence-corrected chi connectivity index (χ0v) is 10.1. The molecule has 86 valence electrons. The summed E-state index contributed by atoms with van der Waals surface area (Å²) in [7, 11) is 0. The highest BCUT2D eigenvalue weighted by atomic mass is 16.5. The van der Waals surface area contributed by atoms with Gasteiger partial charge >= 0.3 is 0 Å². The fourth-order valence-electron chi connectivity index (χ4n) is 1.02. The van der Waals surface area contributed by atoms with Crippen molar-refractivity contribution in [3.05, 3.63) is 29.8 Å². The van der Waals surface area contributed by atoms with Crippen molar-refractivity contribution in [1.29, 1.82) is 5.26 Å². The van der Waals surface area contributed by atoms with E-state index < -0.39 is 11.2 Å². The fraction of sp³-hybridized carbons (Fsp3) is 0.462. The molecule has 0 unspecified atom stereocenters. The predicted octanol–water partition coefficient (Wildman–Crippen LogP) is 2.49. The second-order valence-electron chi connectivity index (χ2n) is 4.81. The van der Waals surface area contributed by atoms with E-state index in [4.69, 9.17) is 10.00 Å². The normalized spacial score (nSPS) is 12.0. The number of hydrogen-bond donors (Lipinski definition) is 1. The van der Waals surface area contributed by atoms with E-state index in [1.807, 2.05) is 19.9 Å². The minimum Gasteiger partial charge on any atom is -0.485 e. The lowest BCUT2D eigenvalue weighted by Crippen LogP contribution is -2.49. The van der Waals surface area contributed by atoms with Crippen molar-refractivity contribution >= 4 is 0 Å². The molecule has 3 nitrogen and oxygen atoms in total. The summed E-state index contributed by atoms with van der Waals surface area (Å²) in [6.07, 6.45) is 0. The molecular formula is C13H17NO2. The number of aliphatic hydroxyl groups is 1. The van der Waals surface area contributed by atoms with E-state index in [1.54, 1.807) is 38.1 Å². The molecule has 0 spiro atoms. The lowest BCUT2D eigenvalue weighted by atomic mass is 9.89. The van der Waals surface area contributed by atoms with Crippen molar-refractivity contribution in [2.45, 2.75) is 38.9 Å². The van der Waals surface area contributed by atoms with Crippen LogP contribution in [0.15, 0.2) is 24.3 Å². The third-order valence-corrected chi connectivity index (χ3v) is 2.83. The van der Waals surface area contributed by atoms with Gasteiger partial charge in [-0.1, -0.05) is 0 Å². The lowest BCUT2D eigenvalue weighted by Gasteiger charge is -2.37. The monoisotopic (exact) mass is 219 g/mol. The molecule has 0 fully saturated rings. The number of ether oxygens (including phenoxy) is 1. The van der Waals surface area contributed by atoms with Crippen molar-refractivity contribution in [3.8, 4) is 11.8 Å². The van der Waals surface area contributed by atoms with Gasteiger partial charge in [0.1, 0.15) is 11.4 Å². The van der Waals surface area contributed by atoms with Crippen molar-refractivity contribution in [3.63, 3.8) is 0 Å². The Balaban J connectivity index is 2.85. The molecule has 1 N–H and O–H groups in total. The summed E-state index contributed by atoms with van der Waals surface area (Å²) in [4.78, 5) is 0. The standard InChI is InChI=1S/C13H17NO2/c1-12(2,15)13(3,4)16-11-7-5-10(9-14)6-8-11/h5-8,15H,1-4H3. The maximum Gasteiger partial charge on any atom is 0.131 e. The average Bonchev–Trinajstić information content (AvgIpc) is 2.16. The van der Waals surface area contributed by atoms with Crippen LogP contribution < -0.4 is 4.74 Å². The van der Waals surface area contributed by atoms with Crippen molar-refractivity contribution < 1.29 is 9.84 Å². The van der Waals surface area contributed by atoms with Crippen molar-refractivity contribution in [2.24, 2.45) is 0 Å². The van der Waals surface area contributed by atoms with Gasteiger partial charge in [0.2, 0.25) is 0 Å². The summed E-state index contributed by atoms with van der Waals surface area (Å²) in [5.41, 5.74) is -1.05. The van der Waals surface area contributed by atoms with E-state index in [-0.39, 0.29) is 0 Å². The van der Waals surface area contributed by atoms with Gasteiger partial charge in [-0.2, -0.15) is 5.26 Å². The lowest BCUT2D eigenvalue weighted by molar-refractivity contribution is -0.0906. The van der Waals surface area contributed by atoms with Crippen LogP contribution >= 0.6 is 0 Å². The van der Waals surface area contributed by atoms with E-state index in [9.17, 15) is 5.11 Å². The largest absolute Gasteiger partial charge is 0.485 e. The first-order chi connectivity index (χ1) is 7.26. The van der Waals surface area contributed by atoms with Gasteiger partial charge in [0.05, 0.1) is 17.2 Å². The first kappa shape index (κ1) is 12.5. The van der Waals surface area contributed by atoms with Crippen LogP contribution in [0.25, 0.3) is 0 Å². The summed E-state index contributed by atoms with van der Waals surface area (Å²) in [6, 6.07) is 8.88. The molecule has 0 aliphatic carbocycles. The molecule has 0 saturated carbocycles. The molecule has 1 rings (SSSR count). The van der Waals surface area contributed by atoms with Crippen LogP contribution in [0.2, 0.25) is 0 Å². The first-order valence-electron chi connectivity index (χ1n) is 5.18. The highest BCUT2D eigenvalue weighted by Gasteiger charge is 2.37. The van der Waals surface area contributed by atoms with Crippen LogP contribution in [0.5, 0.6) is 5.75 Å². The molecule has 0 saturated heterocycles. The van der Waals surface area contributed by atoms with Gasteiger partial charge in [-0.05, 0) is 52.0 Å². The van der Waals surface area contributed by atoms with Gasteiger partial charge in [-0.25, -0.2) is 0 Å². The highest BCUT2D eigenvalue weighted by Crippen LogP contribution is 2.27. The van der Waals surface area contributed by atoms with E-state index in [2.05, 4.69) is 0 Å². The van der Waals surface area contributed by atoms with Crippen LogP contribution in [0.1, 0.15) is 33.3 Å². The maximum absolute atomic E-state index is 9.93. The van der Waals surface area contributed by atoms with Gasteiger partial charge in [0.25, 0.3) is 0 Å². The SMILES string of the molecule is CC(C)(O)C(C)(C)Oc1ccc(C#N)cc1. The van der Waals surface area contributed by atoms with E-state index in [1.165, 1.54) is 0 Å². The number of rotatable bonds is 3.